The molecule has 0 heterocycles. The molecule has 2 aromatic carbocycles. The van der Waals surface area contributed by atoms with E-state index in [1.165, 1.54) is 6.07 Å². The molecule has 0 bridgehead atoms. The van der Waals surface area contributed by atoms with E-state index in [1.54, 1.807) is 30.3 Å². The summed E-state index contributed by atoms with van der Waals surface area (Å²) in [5.74, 6) is -0.368. The van der Waals surface area contributed by atoms with E-state index in [0.29, 0.717) is 32.7 Å². The van der Waals surface area contributed by atoms with Gasteiger partial charge in [0.05, 0.1) is 6.04 Å². The van der Waals surface area contributed by atoms with Crippen molar-refractivity contribution in [2.24, 2.45) is 0 Å². The summed E-state index contributed by atoms with van der Waals surface area (Å²) in [6.45, 7) is 2.74. The van der Waals surface area contributed by atoms with E-state index in [0.717, 1.165) is 6.42 Å². The maximum Gasteiger partial charge on any atom is 0.129 e. The number of halogens is 4. The van der Waals surface area contributed by atoms with Gasteiger partial charge in [0.15, 0.2) is 0 Å². The fourth-order valence-electron chi connectivity index (χ4n) is 2.18. The van der Waals surface area contributed by atoms with E-state index in [9.17, 15) is 4.39 Å². The highest BCUT2D eigenvalue weighted by Gasteiger charge is 2.22. The molecule has 5 heteroatoms. The van der Waals surface area contributed by atoms with Gasteiger partial charge in [0.1, 0.15) is 5.82 Å². The lowest BCUT2D eigenvalue weighted by molar-refractivity contribution is 0.547. The fourth-order valence-corrected chi connectivity index (χ4v) is 2.86. The van der Waals surface area contributed by atoms with Gasteiger partial charge in [0, 0.05) is 20.6 Å². The Morgan fingerprint density at radius 2 is 1.86 bits per heavy atom. The van der Waals surface area contributed by atoms with Gasteiger partial charge in [0.25, 0.3) is 0 Å². The van der Waals surface area contributed by atoms with Crippen LogP contribution in [0.2, 0.25) is 15.1 Å². The van der Waals surface area contributed by atoms with Crippen LogP contribution in [-0.4, -0.2) is 6.54 Å². The molecule has 1 N–H and O–H groups in total. The summed E-state index contributed by atoms with van der Waals surface area (Å²) in [6, 6.07) is 9.34. The minimum Gasteiger partial charge on any atom is -0.306 e. The van der Waals surface area contributed by atoms with Crippen LogP contribution in [0.3, 0.4) is 0 Å². The third-order valence-corrected chi connectivity index (χ3v) is 4.06. The standard InChI is InChI=1S/C16H15Cl3FN/c1-2-8-21-16(11-9-10(17)6-7-12(11)18)15-13(19)4-3-5-14(15)20/h3-7,9,16,21H,2,8H2,1H3. The van der Waals surface area contributed by atoms with Crippen molar-refractivity contribution in [2.75, 3.05) is 6.54 Å². The van der Waals surface area contributed by atoms with Crippen molar-refractivity contribution >= 4 is 34.8 Å². The molecule has 112 valence electrons. The van der Waals surface area contributed by atoms with Crippen LogP contribution < -0.4 is 5.32 Å². The number of rotatable bonds is 5. The Labute approximate surface area is 139 Å². The SMILES string of the molecule is CCCNC(c1cc(Cl)ccc1Cl)c1c(F)cccc1Cl. The summed E-state index contributed by atoms with van der Waals surface area (Å²) in [6.07, 6.45) is 0.904. The predicted octanol–water partition coefficient (Wildman–Crippen LogP) is 5.87. The van der Waals surface area contributed by atoms with Gasteiger partial charge in [-0.1, -0.05) is 47.8 Å². The van der Waals surface area contributed by atoms with Crippen molar-refractivity contribution in [2.45, 2.75) is 19.4 Å². The maximum atomic E-state index is 14.2. The smallest absolute Gasteiger partial charge is 0.129 e. The average molecular weight is 347 g/mol. The van der Waals surface area contributed by atoms with E-state index in [-0.39, 0.29) is 5.82 Å². The van der Waals surface area contributed by atoms with Crippen molar-refractivity contribution < 1.29 is 4.39 Å². The highest BCUT2D eigenvalue weighted by Crippen LogP contribution is 2.35. The van der Waals surface area contributed by atoms with Crippen molar-refractivity contribution in [1.82, 2.24) is 5.32 Å². The van der Waals surface area contributed by atoms with Gasteiger partial charge in [-0.15, -0.1) is 0 Å². The molecule has 0 saturated carbocycles. The maximum absolute atomic E-state index is 14.2. The molecular formula is C16H15Cl3FN. The molecule has 2 rings (SSSR count). The Morgan fingerprint density at radius 3 is 2.52 bits per heavy atom. The third-order valence-electron chi connectivity index (χ3n) is 3.16. The van der Waals surface area contributed by atoms with Crippen molar-refractivity contribution in [3.8, 4) is 0 Å². The van der Waals surface area contributed by atoms with Crippen LogP contribution in [0.25, 0.3) is 0 Å². The molecule has 2 aromatic rings. The molecule has 0 saturated heterocycles. The Balaban J connectivity index is 2.55. The Bertz CT molecular complexity index is 611. The van der Waals surface area contributed by atoms with Crippen LogP contribution in [-0.2, 0) is 0 Å². The molecule has 0 spiro atoms. The number of hydrogen-bond donors (Lipinski definition) is 1. The van der Waals surface area contributed by atoms with Crippen LogP contribution in [0.1, 0.15) is 30.5 Å². The molecule has 0 aliphatic rings. The highest BCUT2D eigenvalue weighted by molar-refractivity contribution is 6.34. The lowest BCUT2D eigenvalue weighted by atomic mass is 9.97. The summed E-state index contributed by atoms with van der Waals surface area (Å²) in [5, 5.41) is 4.71. The Kier molecular flexibility index (Phi) is 5.88. The summed E-state index contributed by atoms with van der Waals surface area (Å²) < 4.78 is 14.2. The van der Waals surface area contributed by atoms with Crippen molar-refractivity contribution in [3.63, 3.8) is 0 Å². The van der Waals surface area contributed by atoms with Gasteiger partial charge in [0.2, 0.25) is 0 Å². The molecule has 0 amide bonds. The van der Waals surface area contributed by atoms with E-state index < -0.39 is 6.04 Å². The lowest BCUT2D eigenvalue weighted by Crippen LogP contribution is -2.24. The number of nitrogens with one attached hydrogen (secondary N) is 1. The predicted molar refractivity (Wildman–Crippen MR) is 88.0 cm³/mol. The molecular weight excluding hydrogens is 332 g/mol. The molecule has 1 unspecified atom stereocenters. The van der Waals surface area contributed by atoms with Crippen LogP contribution in [0.4, 0.5) is 4.39 Å². The van der Waals surface area contributed by atoms with Gasteiger partial charge in [-0.3, -0.25) is 0 Å². The Hall–Kier alpha value is -0.800. The monoisotopic (exact) mass is 345 g/mol. The first-order valence-electron chi connectivity index (χ1n) is 6.66. The van der Waals surface area contributed by atoms with Crippen LogP contribution >= 0.6 is 34.8 Å². The van der Waals surface area contributed by atoms with Gasteiger partial charge in [-0.25, -0.2) is 4.39 Å². The first-order valence-corrected chi connectivity index (χ1v) is 7.80. The van der Waals surface area contributed by atoms with Crippen molar-refractivity contribution in [1.29, 1.82) is 0 Å². The van der Waals surface area contributed by atoms with Gasteiger partial charge in [-0.05, 0) is 48.9 Å². The molecule has 1 nitrogen and oxygen atoms in total. The first-order chi connectivity index (χ1) is 10.0. The van der Waals surface area contributed by atoms with E-state index in [2.05, 4.69) is 5.32 Å². The summed E-state index contributed by atoms with van der Waals surface area (Å²) in [5.41, 5.74) is 1.10. The van der Waals surface area contributed by atoms with Crippen LogP contribution in [0.15, 0.2) is 36.4 Å². The van der Waals surface area contributed by atoms with Gasteiger partial charge in [-0.2, -0.15) is 0 Å². The molecule has 0 aromatic heterocycles. The molecule has 0 aliphatic carbocycles. The van der Waals surface area contributed by atoms with Crippen LogP contribution in [0.5, 0.6) is 0 Å². The zero-order valence-electron chi connectivity index (χ0n) is 11.5. The van der Waals surface area contributed by atoms with Crippen molar-refractivity contribution in [3.05, 3.63) is 68.4 Å². The topological polar surface area (TPSA) is 12.0 Å². The lowest BCUT2D eigenvalue weighted by Gasteiger charge is -2.22. The quantitative estimate of drug-likeness (QED) is 0.713. The molecule has 1 atom stereocenters. The average Bonchev–Trinajstić information content (AvgIpc) is 2.45. The largest absolute Gasteiger partial charge is 0.306 e. The van der Waals surface area contributed by atoms with E-state index in [1.807, 2.05) is 6.92 Å². The summed E-state index contributed by atoms with van der Waals surface area (Å²) in [4.78, 5) is 0. The Morgan fingerprint density at radius 1 is 1.10 bits per heavy atom. The second-order valence-electron chi connectivity index (χ2n) is 4.69. The zero-order valence-corrected chi connectivity index (χ0v) is 13.7. The number of benzene rings is 2. The van der Waals surface area contributed by atoms with E-state index in [4.69, 9.17) is 34.8 Å². The van der Waals surface area contributed by atoms with E-state index >= 15 is 0 Å². The number of hydrogen-bond acceptors (Lipinski definition) is 1. The zero-order chi connectivity index (χ0) is 15.4. The minimum absolute atomic E-state index is 0.361. The fraction of sp³-hybridized carbons (Fsp3) is 0.250. The third kappa shape index (κ3) is 3.89. The van der Waals surface area contributed by atoms with Crippen LogP contribution in [0, 0.1) is 5.82 Å². The summed E-state index contributed by atoms with van der Waals surface area (Å²) >= 11 is 18.5. The highest BCUT2D eigenvalue weighted by atomic mass is 35.5. The second-order valence-corrected chi connectivity index (χ2v) is 5.94. The normalized spacial score (nSPS) is 12.4. The first kappa shape index (κ1) is 16.6. The van der Waals surface area contributed by atoms with Gasteiger partial charge < -0.3 is 5.32 Å². The second kappa shape index (κ2) is 7.46. The minimum atomic E-state index is -0.440. The molecule has 0 fully saturated rings. The molecule has 21 heavy (non-hydrogen) atoms. The molecule has 0 aliphatic heterocycles. The van der Waals surface area contributed by atoms with Gasteiger partial charge >= 0.3 is 0 Å². The summed E-state index contributed by atoms with van der Waals surface area (Å²) in [7, 11) is 0. The molecule has 0 radical (unpaired) electrons.